The molecule has 4 rings (SSSR count). The van der Waals surface area contributed by atoms with Crippen LogP contribution in [-0.2, 0) is 11.3 Å². The van der Waals surface area contributed by atoms with E-state index in [1.165, 1.54) is 12.5 Å². The van der Waals surface area contributed by atoms with Gasteiger partial charge in [0.2, 0.25) is 5.91 Å². The summed E-state index contributed by atoms with van der Waals surface area (Å²) in [6, 6.07) is 9.50. The second-order valence-corrected chi connectivity index (χ2v) is 7.00. The van der Waals surface area contributed by atoms with Crippen LogP contribution in [0.4, 0.5) is 5.69 Å². The largest absolute Gasteiger partial charge is 0.472 e. The minimum absolute atomic E-state index is 0.00944. The number of nitrogens with zero attached hydrogens (tertiary/aromatic N) is 3. The van der Waals surface area contributed by atoms with Crippen molar-refractivity contribution in [1.29, 1.82) is 0 Å². The van der Waals surface area contributed by atoms with Crippen LogP contribution in [0.15, 0.2) is 66.0 Å². The minimum Gasteiger partial charge on any atom is -0.472 e. The first-order chi connectivity index (χ1) is 13.7. The predicted octanol–water partition coefficient (Wildman–Crippen LogP) is 3.02. The van der Waals surface area contributed by atoms with Gasteiger partial charge >= 0.3 is 0 Å². The van der Waals surface area contributed by atoms with E-state index in [1.807, 2.05) is 35.0 Å². The Morgan fingerprint density at radius 1 is 1.21 bits per heavy atom. The molecular formula is C21H22N4O3. The Morgan fingerprint density at radius 3 is 2.79 bits per heavy atom. The number of furan rings is 1. The molecule has 0 atom stereocenters. The second kappa shape index (κ2) is 8.12. The maximum absolute atomic E-state index is 12.7. The third kappa shape index (κ3) is 4.14. The van der Waals surface area contributed by atoms with Crippen LogP contribution in [0.2, 0.25) is 0 Å². The van der Waals surface area contributed by atoms with Crippen LogP contribution in [0.3, 0.4) is 0 Å². The summed E-state index contributed by atoms with van der Waals surface area (Å²) in [6.07, 6.45) is 9.68. The first-order valence-corrected chi connectivity index (χ1v) is 9.36. The quantitative estimate of drug-likeness (QED) is 0.740. The average molecular weight is 378 g/mol. The zero-order chi connectivity index (χ0) is 19.3. The van der Waals surface area contributed by atoms with Crippen LogP contribution < -0.4 is 5.32 Å². The topological polar surface area (TPSA) is 80.4 Å². The van der Waals surface area contributed by atoms with E-state index in [4.69, 9.17) is 4.42 Å². The molecule has 7 nitrogen and oxygen atoms in total. The van der Waals surface area contributed by atoms with Gasteiger partial charge in [0, 0.05) is 43.6 Å². The molecule has 1 aliphatic rings. The van der Waals surface area contributed by atoms with E-state index in [-0.39, 0.29) is 17.7 Å². The minimum atomic E-state index is -0.0919. The Hall–Kier alpha value is -3.35. The Bertz CT molecular complexity index is 926. The number of anilines is 1. The number of benzene rings is 1. The standard InChI is InChI=1S/C21H22N4O3/c26-20(17-4-8-25(9-5-17)21(27)18-6-11-28-14-18)23-19-3-1-2-16(12-19)13-24-10-7-22-15-24/h1-3,6-7,10-12,14-15,17H,4-5,8-9,13H2,(H,23,26). The second-order valence-electron chi connectivity index (χ2n) is 7.00. The first kappa shape index (κ1) is 18.0. The van der Waals surface area contributed by atoms with E-state index in [0.717, 1.165) is 11.3 Å². The summed E-state index contributed by atoms with van der Waals surface area (Å²) in [5, 5.41) is 3.02. The summed E-state index contributed by atoms with van der Waals surface area (Å²) >= 11 is 0. The Balaban J connectivity index is 1.32. The molecule has 0 aliphatic carbocycles. The van der Waals surface area contributed by atoms with Crippen LogP contribution in [0.5, 0.6) is 0 Å². The van der Waals surface area contributed by atoms with Crippen LogP contribution in [-0.4, -0.2) is 39.4 Å². The van der Waals surface area contributed by atoms with Crippen molar-refractivity contribution in [2.45, 2.75) is 19.4 Å². The Morgan fingerprint density at radius 2 is 2.07 bits per heavy atom. The van der Waals surface area contributed by atoms with E-state index in [9.17, 15) is 9.59 Å². The number of piperidine rings is 1. The van der Waals surface area contributed by atoms with Gasteiger partial charge in [-0.2, -0.15) is 0 Å². The molecule has 144 valence electrons. The van der Waals surface area contributed by atoms with Crippen molar-refractivity contribution >= 4 is 17.5 Å². The number of nitrogens with one attached hydrogen (secondary N) is 1. The molecule has 0 unspecified atom stereocenters. The lowest BCUT2D eigenvalue weighted by molar-refractivity contribution is -0.121. The molecule has 0 bridgehead atoms. The van der Waals surface area contributed by atoms with Gasteiger partial charge in [-0.3, -0.25) is 9.59 Å². The van der Waals surface area contributed by atoms with Gasteiger partial charge in [-0.25, -0.2) is 4.98 Å². The third-order valence-electron chi connectivity index (χ3n) is 5.04. The number of carbonyl (C=O) groups excluding carboxylic acids is 2. The van der Waals surface area contributed by atoms with E-state index in [2.05, 4.69) is 10.3 Å². The summed E-state index contributed by atoms with van der Waals surface area (Å²) in [5.74, 6) is -0.124. The van der Waals surface area contributed by atoms with Gasteiger partial charge in [-0.1, -0.05) is 12.1 Å². The Labute approximate surface area is 163 Å². The number of hydrogen-bond donors (Lipinski definition) is 1. The van der Waals surface area contributed by atoms with Gasteiger partial charge < -0.3 is 19.2 Å². The van der Waals surface area contributed by atoms with Crippen molar-refractivity contribution in [2.75, 3.05) is 18.4 Å². The smallest absolute Gasteiger partial charge is 0.257 e. The van der Waals surface area contributed by atoms with Crippen molar-refractivity contribution in [1.82, 2.24) is 14.5 Å². The predicted molar refractivity (Wildman–Crippen MR) is 104 cm³/mol. The monoisotopic (exact) mass is 378 g/mol. The molecule has 7 heteroatoms. The van der Waals surface area contributed by atoms with E-state index < -0.39 is 0 Å². The summed E-state index contributed by atoms with van der Waals surface area (Å²) in [5.41, 5.74) is 2.44. The molecule has 3 aromatic rings. The first-order valence-electron chi connectivity index (χ1n) is 9.36. The van der Waals surface area contributed by atoms with Crippen molar-refractivity contribution in [3.8, 4) is 0 Å². The lowest BCUT2D eigenvalue weighted by Gasteiger charge is -2.31. The maximum atomic E-state index is 12.7. The highest BCUT2D eigenvalue weighted by molar-refractivity contribution is 5.95. The summed E-state index contributed by atoms with van der Waals surface area (Å²) in [4.78, 5) is 30.8. The summed E-state index contributed by atoms with van der Waals surface area (Å²) < 4.78 is 6.96. The van der Waals surface area contributed by atoms with Crippen LogP contribution >= 0.6 is 0 Å². The molecular weight excluding hydrogens is 356 g/mol. The number of amides is 2. The van der Waals surface area contributed by atoms with Crippen molar-refractivity contribution < 1.29 is 14.0 Å². The van der Waals surface area contributed by atoms with Crippen LogP contribution in [0.25, 0.3) is 0 Å². The molecule has 0 radical (unpaired) electrons. The average Bonchev–Trinajstić information content (AvgIpc) is 3.42. The number of imidazole rings is 1. The lowest BCUT2D eigenvalue weighted by Crippen LogP contribution is -2.41. The highest BCUT2D eigenvalue weighted by atomic mass is 16.3. The molecule has 1 N–H and O–H groups in total. The number of carbonyl (C=O) groups is 2. The number of aromatic nitrogens is 2. The SMILES string of the molecule is O=C(Nc1cccc(Cn2ccnc2)c1)C1CCN(C(=O)c2ccoc2)CC1. The van der Waals surface area contributed by atoms with Crippen molar-refractivity contribution in [3.05, 3.63) is 72.7 Å². The number of likely N-dealkylation sites (tertiary alicyclic amines) is 1. The lowest BCUT2D eigenvalue weighted by atomic mass is 9.95. The van der Waals surface area contributed by atoms with Gasteiger partial charge in [0.1, 0.15) is 6.26 Å². The fraction of sp³-hybridized carbons (Fsp3) is 0.286. The molecule has 1 saturated heterocycles. The third-order valence-corrected chi connectivity index (χ3v) is 5.04. The maximum Gasteiger partial charge on any atom is 0.257 e. The van der Waals surface area contributed by atoms with Crippen LogP contribution in [0.1, 0.15) is 28.8 Å². The molecule has 28 heavy (non-hydrogen) atoms. The number of rotatable bonds is 5. The molecule has 1 fully saturated rings. The zero-order valence-corrected chi connectivity index (χ0v) is 15.5. The highest BCUT2D eigenvalue weighted by Crippen LogP contribution is 2.21. The van der Waals surface area contributed by atoms with Gasteiger partial charge in [0.25, 0.3) is 5.91 Å². The molecule has 1 aromatic carbocycles. The fourth-order valence-electron chi connectivity index (χ4n) is 3.50. The molecule has 0 spiro atoms. The Kier molecular flexibility index (Phi) is 5.23. The van der Waals surface area contributed by atoms with Gasteiger partial charge in [0.15, 0.2) is 0 Å². The fourth-order valence-corrected chi connectivity index (χ4v) is 3.50. The molecule has 2 amide bonds. The van der Waals surface area contributed by atoms with E-state index >= 15 is 0 Å². The number of hydrogen-bond acceptors (Lipinski definition) is 4. The summed E-state index contributed by atoms with van der Waals surface area (Å²) in [6.45, 7) is 1.85. The van der Waals surface area contributed by atoms with Crippen LogP contribution in [0, 0.1) is 5.92 Å². The van der Waals surface area contributed by atoms with Crippen molar-refractivity contribution in [2.24, 2.45) is 5.92 Å². The molecule has 0 saturated carbocycles. The van der Waals surface area contributed by atoms with Crippen molar-refractivity contribution in [3.63, 3.8) is 0 Å². The van der Waals surface area contributed by atoms with E-state index in [1.54, 1.807) is 23.5 Å². The zero-order valence-electron chi connectivity index (χ0n) is 15.5. The van der Waals surface area contributed by atoms with Gasteiger partial charge in [0.05, 0.1) is 18.2 Å². The highest BCUT2D eigenvalue weighted by Gasteiger charge is 2.28. The molecule has 1 aliphatic heterocycles. The molecule has 2 aromatic heterocycles. The van der Waals surface area contributed by atoms with E-state index in [0.29, 0.717) is 38.0 Å². The summed E-state index contributed by atoms with van der Waals surface area (Å²) in [7, 11) is 0. The van der Waals surface area contributed by atoms with Gasteiger partial charge in [-0.05, 0) is 36.6 Å². The van der Waals surface area contributed by atoms with Gasteiger partial charge in [-0.15, -0.1) is 0 Å². The normalized spacial score (nSPS) is 14.8. The molecule has 3 heterocycles.